The smallest absolute Gasteiger partial charge is 0.322 e. The van der Waals surface area contributed by atoms with Crippen molar-refractivity contribution in [3.8, 4) is 0 Å². The molecule has 3 fully saturated rings. The number of nitrogens with zero attached hydrogens (tertiary/aromatic N) is 5. The molecule has 4 aliphatic rings. The quantitative estimate of drug-likeness (QED) is 0.295. The van der Waals surface area contributed by atoms with Crippen LogP contribution in [0.2, 0.25) is 0 Å². The molecule has 4 heterocycles. The van der Waals surface area contributed by atoms with Crippen molar-refractivity contribution in [1.82, 2.24) is 29.8 Å². The summed E-state index contributed by atoms with van der Waals surface area (Å²) in [5.41, 5.74) is 9.53. The number of piperazine rings is 1. The number of piperidine rings is 2. The van der Waals surface area contributed by atoms with Crippen LogP contribution in [0.5, 0.6) is 0 Å². The zero-order valence-electron chi connectivity index (χ0n) is 28.2. The Morgan fingerprint density at radius 3 is 2.18 bits per heavy atom. The van der Waals surface area contributed by atoms with Gasteiger partial charge in [0, 0.05) is 92.0 Å². The van der Waals surface area contributed by atoms with E-state index in [1.165, 1.54) is 0 Å². The first-order chi connectivity index (χ1) is 24.0. The maximum absolute atomic E-state index is 14.1. The minimum absolute atomic E-state index is 0.0240. The highest BCUT2D eigenvalue weighted by Crippen LogP contribution is 2.31. The molecule has 0 spiro atoms. The van der Waals surface area contributed by atoms with E-state index in [-0.39, 0.29) is 30.6 Å². The average molecular weight is 819 g/mol. The van der Waals surface area contributed by atoms with Crippen molar-refractivity contribution in [2.45, 2.75) is 56.7 Å². The molecule has 3 saturated heterocycles. The summed E-state index contributed by atoms with van der Waals surface area (Å²) in [5, 5.41) is 15.3. The molecular formula is C35H46Br2N8O5. The number of rotatable bonds is 8. The molecule has 0 radical (unpaired) electrons. The largest absolute Gasteiger partial charge is 0.480 e. The van der Waals surface area contributed by atoms with E-state index >= 15 is 0 Å². The molecule has 5 N–H and O–H groups in total. The lowest BCUT2D eigenvalue weighted by Crippen LogP contribution is -2.59. The van der Waals surface area contributed by atoms with Crippen molar-refractivity contribution >= 4 is 67.2 Å². The Labute approximate surface area is 309 Å². The lowest BCUT2D eigenvalue weighted by atomic mass is 10.0. The van der Waals surface area contributed by atoms with Gasteiger partial charge in [-0.15, -0.1) is 0 Å². The number of amides is 5. The fraction of sp³-hybridized carbons (Fsp3) is 0.543. The summed E-state index contributed by atoms with van der Waals surface area (Å²) in [6.45, 7) is 5.77. The number of para-hydroxylation sites is 1. The predicted octanol–water partition coefficient (Wildman–Crippen LogP) is 3.66. The number of aliphatic carboxylic acids is 1. The van der Waals surface area contributed by atoms with Gasteiger partial charge in [0.05, 0.1) is 12.2 Å². The molecule has 15 heteroatoms. The van der Waals surface area contributed by atoms with E-state index in [0.717, 1.165) is 62.3 Å². The molecule has 0 aliphatic carbocycles. The van der Waals surface area contributed by atoms with Crippen molar-refractivity contribution in [3.63, 3.8) is 0 Å². The molecule has 13 nitrogen and oxygen atoms in total. The monoisotopic (exact) mass is 816 g/mol. The van der Waals surface area contributed by atoms with Crippen LogP contribution in [-0.2, 0) is 22.4 Å². The first-order valence-electron chi connectivity index (χ1n) is 17.5. The third kappa shape index (κ3) is 8.72. The molecule has 0 unspecified atom stereocenters. The number of halogens is 2. The number of urea groups is 2. The van der Waals surface area contributed by atoms with Crippen molar-refractivity contribution in [3.05, 3.63) is 56.5 Å². The number of hydrogen-bond acceptors (Lipinski definition) is 7. The van der Waals surface area contributed by atoms with Gasteiger partial charge in [-0.1, -0.05) is 18.2 Å². The number of carboxylic acids is 1. The van der Waals surface area contributed by atoms with Gasteiger partial charge in [-0.25, -0.2) is 9.59 Å². The van der Waals surface area contributed by atoms with Gasteiger partial charge in [-0.05, 0) is 93.3 Å². The van der Waals surface area contributed by atoms with Crippen molar-refractivity contribution in [2.75, 3.05) is 76.5 Å². The number of nitrogen functional groups attached to an aromatic ring is 1. The third-order valence-electron chi connectivity index (χ3n) is 10.6. The zero-order valence-corrected chi connectivity index (χ0v) is 31.3. The topological polar surface area (TPSA) is 155 Å². The minimum Gasteiger partial charge on any atom is -0.480 e. The van der Waals surface area contributed by atoms with E-state index in [2.05, 4.69) is 47.4 Å². The van der Waals surface area contributed by atoms with Crippen LogP contribution in [-0.4, -0.2) is 137 Å². The SMILES string of the molecule is Nc1c(Br)cc(C[C@H](NC(=O)N2CCC(N3CCc4ccccc4NC3=O)CC2)C(=O)N2CCN(C3CCN(CC(=O)O)CC3)CC2)cc1Br. The molecule has 6 rings (SSSR count). The molecular weight excluding hydrogens is 772 g/mol. The average Bonchev–Trinajstić information content (AvgIpc) is 3.28. The van der Waals surface area contributed by atoms with Gasteiger partial charge in [-0.2, -0.15) is 0 Å². The summed E-state index contributed by atoms with van der Waals surface area (Å²) in [7, 11) is 0. The maximum atomic E-state index is 14.1. The highest BCUT2D eigenvalue weighted by Gasteiger charge is 2.35. The van der Waals surface area contributed by atoms with E-state index in [1.54, 1.807) is 4.90 Å². The molecule has 0 aromatic heterocycles. The number of carbonyl (C=O) groups is 4. The molecule has 2 aromatic rings. The molecule has 1 atom stereocenters. The van der Waals surface area contributed by atoms with Gasteiger partial charge >= 0.3 is 18.0 Å². The van der Waals surface area contributed by atoms with Crippen molar-refractivity contribution in [2.24, 2.45) is 0 Å². The van der Waals surface area contributed by atoms with Gasteiger partial charge in [0.2, 0.25) is 5.91 Å². The number of carbonyl (C=O) groups excluding carboxylic acids is 3. The highest BCUT2D eigenvalue weighted by molar-refractivity contribution is 9.11. The van der Waals surface area contributed by atoms with Gasteiger partial charge in [-0.3, -0.25) is 19.4 Å². The summed E-state index contributed by atoms with van der Waals surface area (Å²) in [6, 6.07) is 10.9. The first-order valence-corrected chi connectivity index (χ1v) is 19.1. The first kappa shape index (κ1) is 36.4. The van der Waals surface area contributed by atoms with Gasteiger partial charge in [0.25, 0.3) is 0 Å². The zero-order chi connectivity index (χ0) is 35.4. The normalized spacial score (nSPS) is 20.5. The number of benzene rings is 2. The second-order valence-corrected chi connectivity index (χ2v) is 15.4. The number of fused-ring (bicyclic) bond motifs is 1. The molecule has 0 saturated carbocycles. The maximum Gasteiger partial charge on any atom is 0.322 e. The Morgan fingerprint density at radius 1 is 0.880 bits per heavy atom. The lowest BCUT2D eigenvalue weighted by Gasteiger charge is -2.43. The molecule has 50 heavy (non-hydrogen) atoms. The number of nitrogens with one attached hydrogen (secondary N) is 2. The summed E-state index contributed by atoms with van der Waals surface area (Å²) in [6.07, 6.45) is 4.21. The summed E-state index contributed by atoms with van der Waals surface area (Å²) < 4.78 is 1.43. The van der Waals surface area contributed by atoms with Crippen LogP contribution in [0.1, 0.15) is 36.8 Å². The fourth-order valence-electron chi connectivity index (χ4n) is 7.71. The Bertz CT molecular complexity index is 1550. The summed E-state index contributed by atoms with van der Waals surface area (Å²) >= 11 is 7.03. The van der Waals surface area contributed by atoms with Crippen LogP contribution < -0.4 is 16.4 Å². The van der Waals surface area contributed by atoms with Gasteiger partial charge in [0.15, 0.2) is 0 Å². The molecule has 0 bridgehead atoms. The van der Waals surface area contributed by atoms with Crippen LogP contribution in [0.4, 0.5) is 21.0 Å². The third-order valence-corrected chi connectivity index (χ3v) is 11.9. The van der Waals surface area contributed by atoms with Crippen LogP contribution >= 0.6 is 31.9 Å². The Kier molecular flexibility index (Phi) is 11.9. The van der Waals surface area contributed by atoms with Crippen LogP contribution in [0.3, 0.4) is 0 Å². The number of hydrogen-bond donors (Lipinski definition) is 4. The van der Waals surface area contributed by atoms with E-state index in [9.17, 15) is 19.2 Å². The number of likely N-dealkylation sites (tertiary alicyclic amines) is 2. The van der Waals surface area contributed by atoms with E-state index in [4.69, 9.17) is 10.8 Å². The van der Waals surface area contributed by atoms with Crippen molar-refractivity contribution < 1.29 is 24.3 Å². The molecule has 270 valence electrons. The number of nitrogens with two attached hydrogens (primary N) is 1. The summed E-state index contributed by atoms with van der Waals surface area (Å²) in [5.74, 6) is -0.914. The van der Waals surface area contributed by atoms with Crippen LogP contribution in [0, 0.1) is 0 Å². The number of carboxylic acid groups (broad SMARTS) is 1. The van der Waals surface area contributed by atoms with Gasteiger partial charge in [0.1, 0.15) is 6.04 Å². The second-order valence-electron chi connectivity index (χ2n) is 13.7. The van der Waals surface area contributed by atoms with Crippen LogP contribution in [0.25, 0.3) is 0 Å². The molecule has 2 aromatic carbocycles. The fourth-order valence-corrected chi connectivity index (χ4v) is 8.99. The predicted molar refractivity (Wildman–Crippen MR) is 198 cm³/mol. The molecule has 5 amide bonds. The Hall–Kier alpha value is -3.40. The minimum atomic E-state index is -0.797. The van der Waals surface area contributed by atoms with E-state index < -0.39 is 12.0 Å². The summed E-state index contributed by atoms with van der Waals surface area (Å²) in [4.78, 5) is 62.0. The van der Waals surface area contributed by atoms with Gasteiger partial charge < -0.3 is 36.2 Å². The number of anilines is 2. The van der Waals surface area contributed by atoms with Crippen LogP contribution in [0.15, 0.2) is 45.3 Å². The Morgan fingerprint density at radius 2 is 1.52 bits per heavy atom. The van der Waals surface area contributed by atoms with Crippen molar-refractivity contribution in [1.29, 1.82) is 0 Å². The van der Waals surface area contributed by atoms with E-state index in [0.29, 0.717) is 72.7 Å². The molecule has 4 aliphatic heterocycles. The lowest BCUT2D eigenvalue weighted by molar-refractivity contribution is -0.138. The second kappa shape index (κ2) is 16.3. The standard InChI is InChI=1S/C35H46Br2N8O5/c36-27-19-23(20-28(37)32(27)38)21-30(33(48)43-17-15-42(16-18-43)25-6-10-41(11-7-25)22-31(46)47)40-34(49)44-12-8-26(9-13-44)45-14-5-24-3-1-2-4-29(24)39-35(45)50/h1-4,19-20,25-26,30H,5-18,21-22,38H2,(H,39,50)(H,40,49)(H,46,47)/t30-/m0/s1. The van der Waals surface area contributed by atoms with E-state index in [1.807, 2.05) is 51.1 Å². The Balaban J connectivity index is 1.06. The highest BCUT2D eigenvalue weighted by atomic mass is 79.9.